The Hall–Kier alpha value is -1.55. The zero-order valence-electron chi connectivity index (χ0n) is 18.7. The van der Waals surface area contributed by atoms with Gasteiger partial charge in [0.25, 0.3) is 0 Å². The second kappa shape index (κ2) is 7.50. The van der Waals surface area contributed by atoms with E-state index in [9.17, 15) is 15.0 Å². The topological polar surface area (TPSA) is 104 Å². The number of esters is 1. The Morgan fingerprint density at radius 2 is 2.03 bits per heavy atom. The fourth-order valence-electron chi connectivity index (χ4n) is 6.53. The molecule has 1 saturated carbocycles. The van der Waals surface area contributed by atoms with Gasteiger partial charge in [-0.15, -0.1) is 0 Å². The lowest BCUT2D eigenvalue weighted by Crippen LogP contribution is -2.63. The molecule has 6 unspecified atom stereocenters. The summed E-state index contributed by atoms with van der Waals surface area (Å²) in [6.07, 6.45) is 3.56. The number of fused-ring (bicyclic) bond motifs is 2. The zero-order valence-corrected chi connectivity index (χ0v) is 18.7. The minimum atomic E-state index is -1.31. The van der Waals surface area contributed by atoms with E-state index in [4.69, 9.17) is 24.0 Å². The standard InChI is InChI=1S/C23H32O8/c1-12(2)14-8-23(28-5)16(20(25)27-4)9-22(31-23)15(14)7-13(11-30-29-6)18-17(24)10-21(3,26)19(18)22/h7,9,14-15,17-19,24,26H,1,8,10-11H2,2-6H3/t14-,15?,17?,18?,19?,21-,22?,23?/m0/s1. The molecule has 0 aromatic carbocycles. The van der Waals surface area contributed by atoms with Gasteiger partial charge in [0, 0.05) is 37.7 Å². The van der Waals surface area contributed by atoms with E-state index in [-0.39, 0.29) is 30.4 Å². The molecule has 2 heterocycles. The minimum absolute atomic E-state index is 0.0980. The molecule has 2 fully saturated rings. The summed E-state index contributed by atoms with van der Waals surface area (Å²) >= 11 is 0. The molecule has 2 aliphatic carbocycles. The first-order valence-corrected chi connectivity index (χ1v) is 10.6. The number of hydrogen-bond acceptors (Lipinski definition) is 8. The maximum atomic E-state index is 12.8. The van der Waals surface area contributed by atoms with Crippen molar-refractivity contribution in [1.82, 2.24) is 0 Å². The molecule has 8 atom stereocenters. The highest BCUT2D eigenvalue weighted by atomic mass is 17.2. The molecule has 8 heteroatoms. The third-order valence-electron chi connectivity index (χ3n) is 7.65. The molecule has 1 saturated heterocycles. The van der Waals surface area contributed by atoms with Crippen LogP contribution in [0.4, 0.5) is 0 Å². The quantitative estimate of drug-likeness (QED) is 0.281. The summed E-state index contributed by atoms with van der Waals surface area (Å²) < 4.78 is 17.5. The van der Waals surface area contributed by atoms with Crippen LogP contribution in [0.2, 0.25) is 0 Å². The lowest BCUT2D eigenvalue weighted by molar-refractivity contribution is -0.303. The van der Waals surface area contributed by atoms with Crippen LogP contribution in [-0.2, 0) is 28.8 Å². The molecule has 0 amide bonds. The van der Waals surface area contributed by atoms with Gasteiger partial charge in [-0.2, -0.15) is 0 Å². The van der Waals surface area contributed by atoms with Crippen LogP contribution in [0.5, 0.6) is 0 Å². The monoisotopic (exact) mass is 436 g/mol. The molecule has 0 aromatic heterocycles. The van der Waals surface area contributed by atoms with Crippen molar-refractivity contribution in [3.63, 3.8) is 0 Å². The van der Waals surface area contributed by atoms with E-state index in [0.717, 1.165) is 11.1 Å². The number of rotatable bonds is 6. The van der Waals surface area contributed by atoms with Crippen molar-refractivity contribution >= 4 is 5.97 Å². The number of allylic oxidation sites excluding steroid dienone is 1. The predicted octanol–water partition coefficient (Wildman–Crippen LogP) is 1.68. The fourth-order valence-corrected chi connectivity index (χ4v) is 6.53. The van der Waals surface area contributed by atoms with Crippen molar-refractivity contribution in [2.75, 3.05) is 27.9 Å². The number of aliphatic hydroxyl groups is 2. The molecule has 2 bridgehead atoms. The average Bonchev–Trinajstić information content (AvgIpc) is 3.14. The van der Waals surface area contributed by atoms with E-state index in [1.54, 1.807) is 13.0 Å². The number of carbonyl (C=O) groups excluding carboxylic acids is 1. The van der Waals surface area contributed by atoms with Crippen molar-refractivity contribution in [3.05, 3.63) is 35.5 Å². The van der Waals surface area contributed by atoms with Crippen LogP contribution in [0.3, 0.4) is 0 Å². The number of methoxy groups -OCH3 is 2. The second-order valence-electron chi connectivity index (χ2n) is 9.45. The Kier molecular flexibility index (Phi) is 5.48. The molecule has 0 aromatic rings. The van der Waals surface area contributed by atoms with Crippen molar-refractivity contribution in [3.8, 4) is 0 Å². The van der Waals surface area contributed by atoms with Gasteiger partial charge in [0.05, 0.1) is 31.5 Å². The Bertz CT molecular complexity index is 845. The van der Waals surface area contributed by atoms with Gasteiger partial charge in [0.2, 0.25) is 5.79 Å². The van der Waals surface area contributed by atoms with Gasteiger partial charge in [0.1, 0.15) is 12.2 Å². The van der Waals surface area contributed by atoms with E-state index < -0.39 is 40.9 Å². The van der Waals surface area contributed by atoms with E-state index in [0.29, 0.717) is 6.42 Å². The van der Waals surface area contributed by atoms with Gasteiger partial charge in [-0.05, 0) is 31.4 Å². The Morgan fingerprint density at radius 3 is 2.61 bits per heavy atom. The van der Waals surface area contributed by atoms with E-state index in [1.807, 2.05) is 13.0 Å². The number of ether oxygens (including phenoxy) is 3. The van der Waals surface area contributed by atoms with Gasteiger partial charge in [-0.3, -0.25) is 0 Å². The highest BCUT2D eigenvalue weighted by Gasteiger charge is 2.72. The smallest absolute Gasteiger partial charge is 0.339 e. The Morgan fingerprint density at radius 1 is 1.32 bits per heavy atom. The molecule has 172 valence electrons. The van der Waals surface area contributed by atoms with Crippen LogP contribution in [0.15, 0.2) is 35.5 Å². The van der Waals surface area contributed by atoms with Crippen LogP contribution in [0.1, 0.15) is 26.7 Å². The number of hydrogen-bond donors (Lipinski definition) is 2. The summed E-state index contributed by atoms with van der Waals surface area (Å²) in [6.45, 7) is 8.00. The van der Waals surface area contributed by atoms with Crippen LogP contribution in [-0.4, -0.2) is 67.2 Å². The Labute approximate surface area is 182 Å². The molecular weight excluding hydrogens is 404 g/mol. The molecule has 0 radical (unpaired) electrons. The average molecular weight is 437 g/mol. The number of carbonyl (C=O) groups is 1. The Balaban J connectivity index is 1.96. The molecule has 4 rings (SSSR count). The van der Waals surface area contributed by atoms with Crippen molar-refractivity contribution in [2.24, 2.45) is 23.7 Å². The highest BCUT2D eigenvalue weighted by Crippen LogP contribution is 2.66. The summed E-state index contributed by atoms with van der Waals surface area (Å²) in [5.74, 6) is -3.17. The second-order valence-corrected chi connectivity index (χ2v) is 9.45. The predicted molar refractivity (Wildman–Crippen MR) is 109 cm³/mol. The van der Waals surface area contributed by atoms with Gasteiger partial charge < -0.3 is 24.4 Å². The zero-order chi connectivity index (χ0) is 22.8. The first-order chi connectivity index (χ1) is 14.6. The molecule has 2 aliphatic heterocycles. The van der Waals surface area contributed by atoms with Crippen LogP contribution >= 0.6 is 0 Å². The maximum Gasteiger partial charge on any atom is 0.339 e. The lowest BCUT2D eigenvalue weighted by atomic mass is 9.57. The summed E-state index contributed by atoms with van der Waals surface area (Å²) in [4.78, 5) is 22.8. The van der Waals surface area contributed by atoms with Crippen LogP contribution in [0, 0.1) is 23.7 Å². The molecule has 8 nitrogen and oxygen atoms in total. The molecule has 4 aliphatic rings. The third kappa shape index (κ3) is 3.08. The van der Waals surface area contributed by atoms with Crippen molar-refractivity contribution in [1.29, 1.82) is 0 Å². The SMILES string of the molecule is C=C(C)[C@@H]1CC2(OC)OC3(C=C2C(=O)OC)C1C=C(COOC)C1C(O)C[C@](C)(O)C13. The van der Waals surface area contributed by atoms with Crippen LogP contribution in [0.25, 0.3) is 0 Å². The first kappa shape index (κ1) is 22.6. The third-order valence-corrected chi connectivity index (χ3v) is 7.65. The summed E-state index contributed by atoms with van der Waals surface area (Å²) in [5, 5.41) is 22.4. The van der Waals surface area contributed by atoms with E-state index in [1.165, 1.54) is 21.3 Å². The van der Waals surface area contributed by atoms with Gasteiger partial charge in [-0.1, -0.05) is 18.2 Å². The van der Waals surface area contributed by atoms with Gasteiger partial charge >= 0.3 is 5.97 Å². The molecule has 2 N–H and O–H groups in total. The van der Waals surface area contributed by atoms with E-state index >= 15 is 0 Å². The summed E-state index contributed by atoms with van der Waals surface area (Å²) in [6, 6.07) is 0. The maximum absolute atomic E-state index is 12.8. The van der Waals surface area contributed by atoms with Crippen LogP contribution < -0.4 is 0 Å². The molecule has 31 heavy (non-hydrogen) atoms. The number of aliphatic hydroxyl groups excluding tert-OH is 1. The minimum Gasteiger partial charge on any atom is -0.466 e. The lowest BCUT2D eigenvalue weighted by Gasteiger charge is -2.56. The summed E-state index contributed by atoms with van der Waals surface area (Å²) in [7, 11) is 4.25. The highest BCUT2D eigenvalue weighted by molar-refractivity contribution is 5.91. The fraction of sp³-hybridized carbons (Fsp3) is 0.696. The largest absolute Gasteiger partial charge is 0.466 e. The normalized spacial score (nSPS) is 45.5. The molecule has 1 spiro atoms. The van der Waals surface area contributed by atoms with Gasteiger partial charge in [0.15, 0.2) is 0 Å². The van der Waals surface area contributed by atoms with Crippen molar-refractivity contribution < 1.29 is 39.0 Å². The van der Waals surface area contributed by atoms with Gasteiger partial charge in [-0.25, -0.2) is 14.6 Å². The van der Waals surface area contributed by atoms with Crippen molar-refractivity contribution in [2.45, 2.75) is 49.8 Å². The van der Waals surface area contributed by atoms with E-state index in [2.05, 4.69) is 6.58 Å². The summed E-state index contributed by atoms with van der Waals surface area (Å²) in [5.41, 5.74) is -0.296. The molecular formula is C23H32O8. The first-order valence-electron chi connectivity index (χ1n) is 10.6.